The highest BCUT2D eigenvalue weighted by atomic mass is 35.5. The quantitative estimate of drug-likeness (QED) is 0.665. The van der Waals surface area contributed by atoms with Crippen LogP contribution in [0.3, 0.4) is 0 Å². The van der Waals surface area contributed by atoms with E-state index in [9.17, 15) is 0 Å². The Morgan fingerprint density at radius 1 is 1.19 bits per heavy atom. The van der Waals surface area contributed by atoms with Crippen molar-refractivity contribution in [2.24, 2.45) is 0 Å². The number of halogens is 1. The third-order valence-corrected chi connectivity index (χ3v) is 3.62. The third-order valence-electron chi connectivity index (χ3n) is 3.42. The minimum absolute atomic E-state index is 0.163. The molecule has 1 aromatic heterocycles. The topological polar surface area (TPSA) is 27.1 Å². The van der Waals surface area contributed by atoms with E-state index in [2.05, 4.69) is 33.8 Å². The van der Waals surface area contributed by atoms with Crippen LogP contribution in [0.2, 0.25) is 0 Å². The predicted octanol–water partition coefficient (Wildman–Crippen LogP) is 4.47. The highest BCUT2D eigenvalue weighted by Crippen LogP contribution is 2.28. The van der Waals surface area contributed by atoms with Crippen molar-refractivity contribution in [3.63, 3.8) is 0 Å². The summed E-state index contributed by atoms with van der Waals surface area (Å²) in [5.74, 6) is 0.854. The maximum Gasteiger partial charge on any atom is 0.132 e. The summed E-state index contributed by atoms with van der Waals surface area (Å²) in [6, 6.07) is 16.3. The van der Waals surface area contributed by atoms with Gasteiger partial charge in [0.2, 0.25) is 0 Å². The predicted molar refractivity (Wildman–Crippen MR) is 86.1 cm³/mol. The number of imidazole rings is 1. The molecule has 0 aliphatic carbocycles. The number of hydrogen-bond acceptors (Lipinski definition) is 2. The van der Waals surface area contributed by atoms with E-state index in [0.29, 0.717) is 6.61 Å². The van der Waals surface area contributed by atoms with Crippen molar-refractivity contribution >= 4 is 22.6 Å². The molecule has 0 saturated carbocycles. The van der Waals surface area contributed by atoms with E-state index in [-0.39, 0.29) is 5.38 Å². The number of para-hydroxylation sites is 2. The Bertz CT molecular complexity index is 764. The number of ether oxygens (including phenoxy) is 1. The minimum atomic E-state index is -0.163. The second kappa shape index (κ2) is 5.88. The van der Waals surface area contributed by atoms with Crippen LogP contribution < -0.4 is 0 Å². The monoisotopic (exact) mass is 300 g/mol. The smallest absolute Gasteiger partial charge is 0.132 e. The summed E-state index contributed by atoms with van der Waals surface area (Å²) in [5.41, 5.74) is 4.20. The van der Waals surface area contributed by atoms with E-state index < -0.39 is 0 Å². The average molecular weight is 301 g/mol. The molecule has 0 aliphatic rings. The SMILES string of the molecule is COCc1cccc(-n2c(C(C)Cl)nc3ccccc32)c1. The second-order valence-electron chi connectivity index (χ2n) is 5.01. The molecule has 0 amide bonds. The zero-order valence-electron chi connectivity index (χ0n) is 12.1. The number of methoxy groups -OCH3 is 1. The fraction of sp³-hybridized carbons (Fsp3) is 0.235. The fourth-order valence-corrected chi connectivity index (χ4v) is 2.68. The van der Waals surface area contributed by atoms with Crippen molar-refractivity contribution in [3.8, 4) is 5.69 Å². The summed E-state index contributed by atoms with van der Waals surface area (Å²) in [6.07, 6.45) is 0. The van der Waals surface area contributed by atoms with E-state index in [1.54, 1.807) is 7.11 Å². The number of benzene rings is 2. The molecule has 0 N–H and O–H groups in total. The van der Waals surface area contributed by atoms with E-state index in [0.717, 1.165) is 28.1 Å². The fourth-order valence-electron chi connectivity index (χ4n) is 2.53. The van der Waals surface area contributed by atoms with Gasteiger partial charge in [0.15, 0.2) is 0 Å². The Hall–Kier alpha value is -1.84. The molecule has 0 fully saturated rings. The Kier molecular flexibility index (Phi) is 3.95. The Morgan fingerprint density at radius 3 is 2.76 bits per heavy atom. The molecule has 1 unspecified atom stereocenters. The van der Waals surface area contributed by atoms with Crippen LogP contribution in [0.4, 0.5) is 0 Å². The number of hydrogen-bond donors (Lipinski definition) is 0. The molecular weight excluding hydrogens is 284 g/mol. The van der Waals surface area contributed by atoms with Crippen molar-refractivity contribution in [3.05, 3.63) is 59.9 Å². The Morgan fingerprint density at radius 2 is 2.00 bits per heavy atom. The van der Waals surface area contributed by atoms with Crippen LogP contribution in [-0.4, -0.2) is 16.7 Å². The van der Waals surface area contributed by atoms with Crippen LogP contribution >= 0.6 is 11.6 Å². The molecule has 3 rings (SSSR count). The molecule has 1 atom stereocenters. The first-order valence-corrected chi connectivity index (χ1v) is 7.34. The van der Waals surface area contributed by atoms with Crippen LogP contribution in [0.5, 0.6) is 0 Å². The molecule has 3 aromatic rings. The number of fused-ring (bicyclic) bond motifs is 1. The maximum absolute atomic E-state index is 6.32. The first-order valence-electron chi connectivity index (χ1n) is 6.90. The summed E-state index contributed by atoms with van der Waals surface area (Å²) < 4.78 is 7.33. The van der Waals surface area contributed by atoms with Crippen molar-refractivity contribution < 1.29 is 4.74 Å². The molecule has 4 heteroatoms. The summed E-state index contributed by atoms with van der Waals surface area (Å²) in [4.78, 5) is 4.66. The van der Waals surface area contributed by atoms with Crippen LogP contribution in [0.1, 0.15) is 23.7 Å². The van der Waals surface area contributed by atoms with Gasteiger partial charge in [0.25, 0.3) is 0 Å². The molecule has 1 heterocycles. The van der Waals surface area contributed by atoms with Gasteiger partial charge in [0.05, 0.1) is 23.0 Å². The molecule has 0 spiro atoms. The van der Waals surface area contributed by atoms with Gasteiger partial charge in [-0.2, -0.15) is 0 Å². The van der Waals surface area contributed by atoms with E-state index in [4.69, 9.17) is 16.3 Å². The van der Waals surface area contributed by atoms with E-state index in [1.165, 1.54) is 0 Å². The zero-order valence-corrected chi connectivity index (χ0v) is 12.8. The maximum atomic E-state index is 6.32. The normalized spacial score (nSPS) is 12.7. The standard InChI is InChI=1S/C17H17ClN2O/c1-12(18)17-19-15-8-3-4-9-16(15)20(17)14-7-5-6-13(10-14)11-21-2/h3-10,12H,11H2,1-2H3. The van der Waals surface area contributed by atoms with Crippen molar-refractivity contribution in [2.45, 2.75) is 18.9 Å². The first-order chi connectivity index (χ1) is 10.2. The van der Waals surface area contributed by atoms with Gasteiger partial charge in [-0.05, 0) is 36.8 Å². The summed E-state index contributed by atoms with van der Waals surface area (Å²) in [7, 11) is 1.70. The number of alkyl halides is 1. The van der Waals surface area contributed by atoms with Gasteiger partial charge in [-0.1, -0.05) is 24.3 Å². The lowest BCUT2D eigenvalue weighted by Crippen LogP contribution is -2.02. The van der Waals surface area contributed by atoms with Crippen molar-refractivity contribution in [1.29, 1.82) is 0 Å². The van der Waals surface area contributed by atoms with Crippen LogP contribution in [0, 0.1) is 0 Å². The highest BCUT2D eigenvalue weighted by molar-refractivity contribution is 6.20. The van der Waals surface area contributed by atoms with Gasteiger partial charge in [-0.15, -0.1) is 11.6 Å². The van der Waals surface area contributed by atoms with Gasteiger partial charge in [-0.3, -0.25) is 4.57 Å². The molecule has 3 nitrogen and oxygen atoms in total. The molecule has 2 aromatic carbocycles. The molecule has 0 radical (unpaired) electrons. The molecule has 0 bridgehead atoms. The molecular formula is C17H17ClN2O. The van der Waals surface area contributed by atoms with Crippen molar-refractivity contribution in [2.75, 3.05) is 7.11 Å². The average Bonchev–Trinajstić information content (AvgIpc) is 2.87. The number of aromatic nitrogens is 2. The van der Waals surface area contributed by atoms with E-state index in [1.807, 2.05) is 31.2 Å². The van der Waals surface area contributed by atoms with Gasteiger partial charge in [0, 0.05) is 12.8 Å². The molecule has 21 heavy (non-hydrogen) atoms. The second-order valence-corrected chi connectivity index (χ2v) is 5.67. The lowest BCUT2D eigenvalue weighted by atomic mass is 10.2. The van der Waals surface area contributed by atoms with Crippen LogP contribution in [0.25, 0.3) is 16.7 Å². The minimum Gasteiger partial charge on any atom is -0.380 e. The highest BCUT2D eigenvalue weighted by Gasteiger charge is 2.16. The zero-order chi connectivity index (χ0) is 14.8. The lowest BCUT2D eigenvalue weighted by Gasteiger charge is -2.12. The first kappa shape index (κ1) is 14.1. The van der Waals surface area contributed by atoms with Gasteiger partial charge >= 0.3 is 0 Å². The summed E-state index contributed by atoms with van der Waals surface area (Å²) in [5, 5.41) is -0.163. The van der Waals surface area contributed by atoms with Gasteiger partial charge in [0.1, 0.15) is 5.82 Å². The number of rotatable bonds is 4. The largest absolute Gasteiger partial charge is 0.380 e. The van der Waals surface area contributed by atoms with Gasteiger partial charge < -0.3 is 4.74 Å². The Labute approximate surface area is 129 Å². The summed E-state index contributed by atoms with van der Waals surface area (Å²) in [6.45, 7) is 2.53. The summed E-state index contributed by atoms with van der Waals surface area (Å²) >= 11 is 6.32. The van der Waals surface area contributed by atoms with Crippen molar-refractivity contribution in [1.82, 2.24) is 9.55 Å². The van der Waals surface area contributed by atoms with E-state index >= 15 is 0 Å². The van der Waals surface area contributed by atoms with Crippen LogP contribution in [0.15, 0.2) is 48.5 Å². The third kappa shape index (κ3) is 2.67. The van der Waals surface area contributed by atoms with Crippen LogP contribution in [-0.2, 0) is 11.3 Å². The lowest BCUT2D eigenvalue weighted by molar-refractivity contribution is 0.185. The number of nitrogens with zero attached hydrogens (tertiary/aromatic N) is 2. The van der Waals surface area contributed by atoms with Gasteiger partial charge in [-0.25, -0.2) is 4.98 Å². The molecule has 108 valence electrons. The Balaban J connectivity index is 2.23. The molecule has 0 aliphatic heterocycles. The molecule has 0 saturated heterocycles.